The Morgan fingerprint density at radius 3 is 2.71 bits per heavy atom. The summed E-state index contributed by atoms with van der Waals surface area (Å²) in [7, 11) is -3.43. The fourth-order valence-corrected chi connectivity index (χ4v) is 3.09. The van der Waals surface area contributed by atoms with Crippen molar-refractivity contribution < 1.29 is 13.2 Å². The lowest BCUT2D eigenvalue weighted by Gasteiger charge is -2.06. The van der Waals surface area contributed by atoms with Crippen molar-refractivity contribution in [3.05, 3.63) is 47.8 Å². The highest BCUT2D eigenvalue weighted by atomic mass is 32.2. The molecule has 0 aliphatic rings. The van der Waals surface area contributed by atoms with Crippen molar-refractivity contribution in [2.75, 3.05) is 5.75 Å². The van der Waals surface area contributed by atoms with Gasteiger partial charge in [0.15, 0.2) is 9.84 Å². The molecule has 1 aromatic heterocycles. The van der Waals surface area contributed by atoms with Gasteiger partial charge in [0.25, 0.3) is 5.91 Å². The van der Waals surface area contributed by atoms with E-state index in [-0.39, 0.29) is 29.3 Å². The third kappa shape index (κ3) is 3.67. The van der Waals surface area contributed by atoms with E-state index < -0.39 is 15.7 Å². The predicted octanol–water partition coefficient (Wildman–Crippen LogP) is -0.0854. The molecule has 1 amide bonds. The predicted molar refractivity (Wildman–Crippen MR) is 77.1 cm³/mol. The molecular formula is C13H16N4O3S. The number of amides is 1. The van der Waals surface area contributed by atoms with E-state index in [0.29, 0.717) is 0 Å². The fraction of sp³-hybridized carbons (Fsp3) is 0.231. The van der Waals surface area contributed by atoms with Crippen LogP contribution in [0.5, 0.6) is 0 Å². The van der Waals surface area contributed by atoms with Crippen LogP contribution in [0.4, 0.5) is 0 Å². The first-order chi connectivity index (χ1) is 9.92. The molecule has 0 atom stereocenters. The van der Waals surface area contributed by atoms with Crippen LogP contribution in [0.2, 0.25) is 0 Å². The molecule has 0 aliphatic carbocycles. The Morgan fingerprint density at radius 2 is 2.10 bits per heavy atom. The van der Waals surface area contributed by atoms with Gasteiger partial charge >= 0.3 is 0 Å². The fourth-order valence-electron chi connectivity index (χ4n) is 1.81. The standard InChI is InChI=1S/C13H16N4O3S/c14-7-10-2-1-3-12(6-10)21(19,20)5-4-17-9-11(8-16-17)13(15)18/h1-3,6,8-9H,4-5,7,14H2,(H2,15,18). The molecular weight excluding hydrogens is 292 g/mol. The second kappa shape index (κ2) is 6.06. The lowest BCUT2D eigenvalue weighted by molar-refractivity contribution is 0.1000. The van der Waals surface area contributed by atoms with E-state index in [0.717, 1.165) is 5.56 Å². The minimum absolute atomic E-state index is 0.124. The molecule has 1 aromatic carbocycles. The van der Waals surface area contributed by atoms with E-state index in [1.54, 1.807) is 18.2 Å². The Hall–Kier alpha value is -2.19. The molecule has 0 radical (unpaired) electrons. The average molecular weight is 308 g/mol. The summed E-state index contributed by atoms with van der Waals surface area (Å²) in [5.41, 5.74) is 11.6. The molecule has 4 N–H and O–H groups in total. The van der Waals surface area contributed by atoms with Crippen molar-refractivity contribution in [2.24, 2.45) is 11.5 Å². The highest BCUT2D eigenvalue weighted by Crippen LogP contribution is 2.13. The van der Waals surface area contributed by atoms with Crippen LogP contribution in [0.25, 0.3) is 0 Å². The second-order valence-electron chi connectivity index (χ2n) is 4.53. The lowest BCUT2D eigenvalue weighted by Crippen LogP contribution is -2.14. The van der Waals surface area contributed by atoms with Gasteiger partial charge in [0.2, 0.25) is 0 Å². The van der Waals surface area contributed by atoms with Gasteiger partial charge in [-0.25, -0.2) is 8.42 Å². The van der Waals surface area contributed by atoms with E-state index >= 15 is 0 Å². The summed E-state index contributed by atoms with van der Waals surface area (Å²) in [5.74, 6) is -0.722. The van der Waals surface area contributed by atoms with Crippen molar-refractivity contribution in [1.82, 2.24) is 9.78 Å². The number of benzene rings is 1. The molecule has 0 spiro atoms. The summed E-state index contributed by atoms with van der Waals surface area (Å²) >= 11 is 0. The maximum atomic E-state index is 12.2. The maximum absolute atomic E-state index is 12.2. The SMILES string of the molecule is NCc1cccc(S(=O)(=O)CCn2cc(C(N)=O)cn2)c1. The van der Waals surface area contributed by atoms with Crippen LogP contribution in [-0.4, -0.2) is 29.9 Å². The highest BCUT2D eigenvalue weighted by Gasteiger charge is 2.15. The van der Waals surface area contributed by atoms with Crippen molar-refractivity contribution in [3.8, 4) is 0 Å². The van der Waals surface area contributed by atoms with Crippen molar-refractivity contribution in [2.45, 2.75) is 18.0 Å². The molecule has 0 saturated heterocycles. The van der Waals surface area contributed by atoms with Gasteiger partial charge in [-0.2, -0.15) is 5.10 Å². The molecule has 0 saturated carbocycles. The van der Waals surface area contributed by atoms with E-state index in [4.69, 9.17) is 11.5 Å². The molecule has 0 aliphatic heterocycles. The van der Waals surface area contributed by atoms with Crippen molar-refractivity contribution in [3.63, 3.8) is 0 Å². The van der Waals surface area contributed by atoms with Crippen molar-refractivity contribution >= 4 is 15.7 Å². The Kier molecular flexibility index (Phi) is 4.39. The van der Waals surface area contributed by atoms with E-state index in [1.165, 1.54) is 23.1 Å². The lowest BCUT2D eigenvalue weighted by atomic mass is 10.2. The normalized spacial score (nSPS) is 11.5. The van der Waals surface area contributed by atoms with Crippen LogP contribution in [0.1, 0.15) is 15.9 Å². The van der Waals surface area contributed by atoms with E-state index in [2.05, 4.69) is 5.10 Å². The first-order valence-electron chi connectivity index (χ1n) is 6.26. The zero-order chi connectivity index (χ0) is 15.5. The summed E-state index contributed by atoms with van der Waals surface area (Å²) < 4.78 is 25.9. The molecule has 112 valence electrons. The highest BCUT2D eigenvalue weighted by molar-refractivity contribution is 7.91. The van der Waals surface area contributed by atoms with Crippen LogP contribution >= 0.6 is 0 Å². The van der Waals surface area contributed by atoms with Crippen LogP contribution in [0, 0.1) is 0 Å². The molecule has 0 fully saturated rings. The smallest absolute Gasteiger partial charge is 0.251 e. The zero-order valence-electron chi connectivity index (χ0n) is 11.3. The summed E-state index contributed by atoms with van der Waals surface area (Å²) in [6.07, 6.45) is 2.73. The number of hydrogen-bond acceptors (Lipinski definition) is 5. The summed E-state index contributed by atoms with van der Waals surface area (Å²) in [6, 6.07) is 6.53. The molecule has 0 bridgehead atoms. The molecule has 8 heteroatoms. The van der Waals surface area contributed by atoms with Crippen LogP contribution < -0.4 is 11.5 Å². The molecule has 21 heavy (non-hydrogen) atoms. The van der Waals surface area contributed by atoms with Gasteiger partial charge in [-0.1, -0.05) is 12.1 Å². The van der Waals surface area contributed by atoms with Gasteiger partial charge in [-0.3, -0.25) is 9.48 Å². The number of primary amides is 1. The topological polar surface area (TPSA) is 121 Å². The van der Waals surface area contributed by atoms with Gasteiger partial charge in [0.1, 0.15) is 0 Å². The third-order valence-corrected chi connectivity index (χ3v) is 4.69. The second-order valence-corrected chi connectivity index (χ2v) is 6.64. The number of rotatable bonds is 6. The van der Waals surface area contributed by atoms with Crippen LogP contribution in [0.3, 0.4) is 0 Å². The largest absolute Gasteiger partial charge is 0.366 e. The number of nitrogens with zero attached hydrogens (tertiary/aromatic N) is 2. The van der Waals surface area contributed by atoms with Crippen LogP contribution in [-0.2, 0) is 22.9 Å². The zero-order valence-corrected chi connectivity index (χ0v) is 12.1. The van der Waals surface area contributed by atoms with Crippen molar-refractivity contribution in [1.29, 1.82) is 0 Å². The first kappa shape index (κ1) is 15.2. The number of hydrogen-bond donors (Lipinski definition) is 2. The van der Waals surface area contributed by atoms with Gasteiger partial charge in [0, 0.05) is 12.7 Å². The molecule has 0 unspecified atom stereocenters. The number of sulfone groups is 1. The van der Waals surface area contributed by atoms with Crippen LogP contribution in [0.15, 0.2) is 41.6 Å². The number of carbonyl (C=O) groups excluding carboxylic acids is 1. The Labute approximate surface area is 122 Å². The molecule has 2 aromatic rings. The average Bonchev–Trinajstić information content (AvgIpc) is 2.94. The Morgan fingerprint density at radius 1 is 1.33 bits per heavy atom. The van der Waals surface area contributed by atoms with Gasteiger partial charge in [-0.05, 0) is 17.7 Å². The number of aryl methyl sites for hydroxylation is 1. The Balaban J connectivity index is 2.11. The minimum Gasteiger partial charge on any atom is -0.366 e. The van der Waals surface area contributed by atoms with Gasteiger partial charge in [0.05, 0.1) is 29.0 Å². The van der Waals surface area contributed by atoms with Gasteiger partial charge < -0.3 is 11.5 Å². The third-order valence-electron chi connectivity index (χ3n) is 3.00. The first-order valence-corrected chi connectivity index (χ1v) is 7.91. The van der Waals surface area contributed by atoms with E-state index in [1.807, 2.05) is 0 Å². The minimum atomic E-state index is -3.43. The summed E-state index contributed by atoms with van der Waals surface area (Å²) in [6.45, 7) is 0.424. The Bertz CT molecular complexity index is 752. The molecule has 2 rings (SSSR count). The molecule has 1 heterocycles. The monoisotopic (exact) mass is 308 g/mol. The number of carbonyl (C=O) groups is 1. The maximum Gasteiger partial charge on any atom is 0.251 e. The summed E-state index contributed by atoms with van der Waals surface area (Å²) in [5, 5.41) is 3.90. The molecule has 7 nitrogen and oxygen atoms in total. The number of aromatic nitrogens is 2. The summed E-state index contributed by atoms with van der Waals surface area (Å²) in [4.78, 5) is 11.2. The quantitative estimate of drug-likeness (QED) is 0.772. The van der Waals surface area contributed by atoms with Gasteiger partial charge in [-0.15, -0.1) is 0 Å². The number of nitrogens with two attached hydrogens (primary N) is 2. The van der Waals surface area contributed by atoms with E-state index in [9.17, 15) is 13.2 Å².